The number of hydrogen-bond donors (Lipinski definition) is 2. The van der Waals surface area contributed by atoms with Crippen molar-refractivity contribution >= 4 is 5.69 Å². The second kappa shape index (κ2) is 5.50. The molecule has 5 heteroatoms. The van der Waals surface area contributed by atoms with E-state index in [0.29, 0.717) is 5.75 Å². The van der Waals surface area contributed by atoms with Gasteiger partial charge in [-0.15, -0.1) is 0 Å². The number of rotatable bonds is 3. The summed E-state index contributed by atoms with van der Waals surface area (Å²) in [6.07, 6.45) is 1.26. The maximum absolute atomic E-state index is 11.4. The Bertz CT molecular complexity index is 796. The molecule has 104 valence electrons. The molecule has 0 spiro atoms. The number of nitrogen functional groups attached to an aromatic ring is 1. The summed E-state index contributed by atoms with van der Waals surface area (Å²) >= 11 is 0. The van der Waals surface area contributed by atoms with Crippen molar-refractivity contribution in [1.29, 1.82) is 0 Å². The molecule has 3 aromatic rings. The van der Waals surface area contributed by atoms with Crippen molar-refractivity contribution in [2.75, 3.05) is 5.73 Å². The lowest BCUT2D eigenvalue weighted by Crippen LogP contribution is -2.13. The van der Waals surface area contributed by atoms with E-state index >= 15 is 0 Å². The van der Waals surface area contributed by atoms with E-state index in [2.05, 4.69) is 9.97 Å². The fraction of sp³-hybridized carbons (Fsp3) is 0. The monoisotopic (exact) mass is 279 g/mol. The quantitative estimate of drug-likeness (QED) is 0.772. The number of ether oxygens (including phenoxy) is 1. The molecule has 1 heterocycles. The molecule has 0 aliphatic rings. The van der Waals surface area contributed by atoms with Crippen molar-refractivity contribution in [3.8, 4) is 22.8 Å². The SMILES string of the molecule is Nc1c(Oc2ccc(-c3ccccc3)cc2)nc[nH]c1=O. The molecule has 0 aliphatic carbocycles. The molecule has 3 rings (SSSR count). The van der Waals surface area contributed by atoms with Crippen LogP contribution in [0.1, 0.15) is 0 Å². The normalized spacial score (nSPS) is 10.3. The highest BCUT2D eigenvalue weighted by atomic mass is 16.5. The van der Waals surface area contributed by atoms with Crippen LogP contribution in [0.25, 0.3) is 11.1 Å². The lowest BCUT2D eigenvalue weighted by atomic mass is 10.1. The van der Waals surface area contributed by atoms with Gasteiger partial charge in [0.25, 0.3) is 5.56 Å². The van der Waals surface area contributed by atoms with Gasteiger partial charge in [0.2, 0.25) is 5.88 Å². The zero-order valence-corrected chi connectivity index (χ0v) is 11.1. The Balaban J connectivity index is 1.85. The van der Waals surface area contributed by atoms with Gasteiger partial charge in [0.15, 0.2) is 5.69 Å². The van der Waals surface area contributed by atoms with Crippen LogP contribution in [0.4, 0.5) is 5.69 Å². The highest BCUT2D eigenvalue weighted by Gasteiger charge is 2.07. The maximum Gasteiger partial charge on any atom is 0.277 e. The Morgan fingerprint density at radius 3 is 2.33 bits per heavy atom. The van der Waals surface area contributed by atoms with Gasteiger partial charge in [-0.1, -0.05) is 42.5 Å². The number of anilines is 1. The van der Waals surface area contributed by atoms with E-state index in [-0.39, 0.29) is 11.6 Å². The lowest BCUT2D eigenvalue weighted by Gasteiger charge is -2.07. The Morgan fingerprint density at radius 2 is 1.62 bits per heavy atom. The fourth-order valence-corrected chi connectivity index (χ4v) is 1.93. The number of hydrogen-bond acceptors (Lipinski definition) is 4. The molecular weight excluding hydrogens is 266 g/mol. The van der Waals surface area contributed by atoms with Crippen molar-refractivity contribution in [3.63, 3.8) is 0 Å². The van der Waals surface area contributed by atoms with E-state index < -0.39 is 5.56 Å². The molecule has 0 radical (unpaired) electrons. The second-order valence-corrected chi connectivity index (χ2v) is 4.44. The summed E-state index contributed by atoms with van der Waals surface area (Å²) < 4.78 is 5.52. The Kier molecular flexibility index (Phi) is 3.39. The summed E-state index contributed by atoms with van der Waals surface area (Å²) in [7, 11) is 0. The predicted octanol–water partition coefficient (Wildman–Crippen LogP) is 2.81. The van der Waals surface area contributed by atoms with Crippen LogP contribution in [-0.2, 0) is 0 Å². The maximum atomic E-state index is 11.4. The third-order valence-electron chi connectivity index (χ3n) is 3.03. The zero-order valence-electron chi connectivity index (χ0n) is 11.1. The summed E-state index contributed by atoms with van der Waals surface area (Å²) in [5, 5.41) is 0. The number of nitrogens with one attached hydrogen (secondary N) is 1. The van der Waals surface area contributed by atoms with Gasteiger partial charge in [0.05, 0.1) is 6.33 Å². The topological polar surface area (TPSA) is 81.0 Å². The summed E-state index contributed by atoms with van der Waals surface area (Å²) in [6.45, 7) is 0. The van der Waals surface area contributed by atoms with E-state index in [1.54, 1.807) is 0 Å². The van der Waals surface area contributed by atoms with Crippen molar-refractivity contribution < 1.29 is 4.74 Å². The van der Waals surface area contributed by atoms with Gasteiger partial charge in [-0.25, -0.2) is 4.98 Å². The number of benzene rings is 2. The molecule has 21 heavy (non-hydrogen) atoms. The van der Waals surface area contributed by atoms with E-state index in [4.69, 9.17) is 10.5 Å². The van der Waals surface area contributed by atoms with E-state index in [1.807, 2.05) is 54.6 Å². The smallest absolute Gasteiger partial charge is 0.277 e. The molecule has 5 nitrogen and oxygen atoms in total. The molecule has 0 atom stereocenters. The number of aromatic amines is 1. The molecule has 0 saturated heterocycles. The van der Waals surface area contributed by atoms with Crippen LogP contribution in [0.2, 0.25) is 0 Å². The average Bonchev–Trinajstić information content (AvgIpc) is 2.53. The summed E-state index contributed by atoms with van der Waals surface area (Å²) in [6, 6.07) is 17.5. The van der Waals surface area contributed by atoms with Crippen LogP contribution in [0.5, 0.6) is 11.6 Å². The van der Waals surface area contributed by atoms with Crippen LogP contribution in [0.3, 0.4) is 0 Å². The van der Waals surface area contributed by atoms with Crippen molar-refractivity contribution in [2.45, 2.75) is 0 Å². The van der Waals surface area contributed by atoms with Gasteiger partial charge in [-0.2, -0.15) is 0 Å². The predicted molar refractivity (Wildman–Crippen MR) is 81.2 cm³/mol. The third-order valence-corrected chi connectivity index (χ3v) is 3.03. The first-order chi connectivity index (χ1) is 10.2. The molecule has 3 N–H and O–H groups in total. The number of aromatic nitrogens is 2. The minimum Gasteiger partial charge on any atom is -0.437 e. The van der Waals surface area contributed by atoms with E-state index in [0.717, 1.165) is 11.1 Å². The van der Waals surface area contributed by atoms with Gasteiger partial charge in [-0.05, 0) is 23.3 Å². The highest BCUT2D eigenvalue weighted by Crippen LogP contribution is 2.25. The van der Waals surface area contributed by atoms with Crippen molar-refractivity contribution in [3.05, 3.63) is 71.3 Å². The molecular formula is C16H13N3O2. The minimum absolute atomic E-state index is 0.0374. The molecule has 0 fully saturated rings. The van der Waals surface area contributed by atoms with Crippen LogP contribution in [0, 0.1) is 0 Å². The Labute approximate surface area is 121 Å². The van der Waals surface area contributed by atoms with Crippen LogP contribution in [-0.4, -0.2) is 9.97 Å². The standard InChI is InChI=1S/C16H13N3O2/c17-14-15(20)18-10-19-16(14)21-13-8-6-12(7-9-13)11-4-2-1-3-5-11/h1-10H,17H2,(H,18,19,20). The molecule has 1 aromatic heterocycles. The molecule has 0 bridgehead atoms. The van der Waals surface area contributed by atoms with Gasteiger partial charge in [0, 0.05) is 0 Å². The van der Waals surface area contributed by atoms with Gasteiger partial charge >= 0.3 is 0 Å². The first-order valence-corrected chi connectivity index (χ1v) is 6.40. The minimum atomic E-state index is -0.416. The van der Waals surface area contributed by atoms with Crippen molar-refractivity contribution in [2.24, 2.45) is 0 Å². The molecule has 2 aromatic carbocycles. The van der Waals surface area contributed by atoms with E-state index in [1.165, 1.54) is 6.33 Å². The summed E-state index contributed by atoms with van der Waals surface area (Å²) in [4.78, 5) is 17.7. The average molecular weight is 279 g/mol. The summed E-state index contributed by atoms with van der Waals surface area (Å²) in [5.74, 6) is 0.672. The highest BCUT2D eigenvalue weighted by molar-refractivity contribution is 5.64. The van der Waals surface area contributed by atoms with Crippen LogP contribution >= 0.6 is 0 Å². The number of nitrogens with zero attached hydrogens (tertiary/aromatic N) is 1. The van der Waals surface area contributed by atoms with Crippen LogP contribution in [0.15, 0.2) is 65.7 Å². The van der Waals surface area contributed by atoms with Crippen LogP contribution < -0.4 is 16.0 Å². The molecule has 0 saturated carbocycles. The summed E-state index contributed by atoms with van der Waals surface area (Å²) in [5.41, 5.74) is 7.37. The van der Waals surface area contributed by atoms with Gasteiger partial charge < -0.3 is 15.5 Å². The lowest BCUT2D eigenvalue weighted by molar-refractivity contribution is 0.463. The third kappa shape index (κ3) is 2.76. The number of H-pyrrole nitrogens is 1. The van der Waals surface area contributed by atoms with Crippen molar-refractivity contribution in [1.82, 2.24) is 9.97 Å². The zero-order chi connectivity index (χ0) is 14.7. The molecule has 0 unspecified atom stereocenters. The Hall–Kier alpha value is -3.08. The van der Waals surface area contributed by atoms with Gasteiger partial charge in [0.1, 0.15) is 5.75 Å². The molecule has 0 aliphatic heterocycles. The first-order valence-electron chi connectivity index (χ1n) is 6.40. The number of nitrogens with two attached hydrogens (primary N) is 1. The fourth-order valence-electron chi connectivity index (χ4n) is 1.93. The van der Waals surface area contributed by atoms with Gasteiger partial charge in [-0.3, -0.25) is 4.79 Å². The first kappa shape index (κ1) is 12.9. The Morgan fingerprint density at radius 1 is 0.952 bits per heavy atom. The van der Waals surface area contributed by atoms with E-state index in [9.17, 15) is 4.79 Å². The molecule has 0 amide bonds. The second-order valence-electron chi connectivity index (χ2n) is 4.44. The largest absolute Gasteiger partial charge is 0.437 e.